The van der Waals surface area contributed by atoms with Crippen LogP contribution >= 0.6 is 0 Å². The monoisotopic (exact) mass is 282 g/mol. The lowest BCUT2D eigenvalue weighted by Gasteiger charge is -2.30. The molecule has 0 aromatic carbocycles. The third kappa shape index (κ3) is 4.74. The molecule has 2 fully saturated rings. The average Bonchev–Trinajstić information content (AvgIpc) is 2.49. The molecule has 1 saturated carbocycles. The minimum atomic E-state index is -0.0596. The Bertz CT molecular complexity index is 295. The van der Waals surface area contributed by atoms with E-state index in [0.29, 0.717) is 13.2 Å². The van der Waals surface area contributed by atoms with Gasteiger partial charge in [0.15, 0.2) is 0 Å². The highest BCUT2D eigenvalue weighted by molar-refractivity contribution is 5.81. The predicted octanol–water partition coefficient (Wildman–Crippen LogP) is 2.04. The highest BCUT2D eigenvalue weighted by Crippen LogP contribution is 2.29. The first kappa shape index (κ1) is 15.8. The van der Waals surface area contributed by atoms with E-state index in [2.05, 4.69) is 12.2 Å². The van der Waals surface area contributed by atoms with Crippen molar-refractivity contribution in [2.45, 2.75) is 52.0 Å². The van der Waals surface area contributed by atoms with E-state index in [0.717, 1.165) is 31.5 Å². The molecule has 0 aromatic rings. The van der Waals surface area contributed by atoms with Crippen molar-refractivity contribution in [2.75, 3.05) is 32.8 Å². The lowest BCUT2D eigenvalue weighted by atomic mass is 9.81. The largest absolute Gasteiger partial charge is 0.378 e. The first-order chi connectivity index (χ1) is 9.66. The number of carbonyl (C=O) groups excluding carboxylic acids is 1. The van der Waals surface area contributed by atoms with Gasteiger partial charge in [0.2, 0.25) is 5.91 Å². The molecular weight excluding hydrogens is 252 g/mol. The molecule has 1 heterocycles. The summed E-state index contributed by atoms with van der Waals surface area (Å²) in [5.74, 6) is 2.01. The van der Waals surface area contributed by atoms with Gasteiger partial charge in [0.05, 0.1) is 19.3 Å². The Balaban J connectivity index is 1.61. The summed E-state index contributed by atoms with van der Waals surface area (Å²) < 4.78 is 5.28. The fraction of sp³-hybridized carbons (Fsp3) is 0.938. The van der Waals surface area contributed by atoms with Gasteiger partial charge in [0.25, 0.3) is 0 Å². The fourth-order valence-corrected chi connectivity index (χ4v) is 3.27. The highest BCUT2D eigenvalue weighted by Gasteiger charge is 2.23. The molecule has 116 valence electrons. The second kappa shape index (κ2) is 7.99. The van der Waals surface area contributed by atoms with Gasteiger partial charge >= 0.3 is 0 Å². The molecule has 0 spiro atoms. The third-order valence-corrected chi connectivity index (χ3v) is 4.83. The van der Waals surface area contributed by atoms with Gasteiger partial charge in [0.1, 0.15) is 0 Å². The van der Waals surface area contributed by atoms with Crippen LogP contribution in [0.3, 0.4) is 0 Å². The second-order valence-electron chi connectivity index (χ2n) is 6.53. The van der Waals surface area contributed by atoms with Gasteiger partial charge in [-0.3, -0.25) is 4.79 Å². The van der Waals surface area contributed by atoms with Gasteiger partial charge in [-0.1, -0.05) is 32.6 Å². The molecule has 20 heavy (non-hydrogen) atoms. The summed E-state index contributed by atoms with van der Waals surface area (Å²) >= 11 is 0. The predicted molar refractivity (Wildman–Crippen MR) is 80.6 cm³/mol. The molecule has 1 aliphatic carbocycles. The number of ether oxygens (including phenoxy) is 1. The maximum atomic E-state index is 12.2. The molecule has 0 bridgehead atoms. The molecule has 1 aliphatic heterocycles. The van der Waals surface area contributed by atoms with Crippen molar-refractivity contribution in [1.29, 1.82) is 0 Å². The molecule has 4 nitrogen and oxygen atoms in total. The number of rotatable bonds is 5. The van der Waals surface area contributed by atoms with Gasteiger partial charge in [0, 0.05) is 13.1 Å². The van der Waals surface area contributed by atoms with E-state index in [1.54, 1.807) is 0 Å². The smallest absolute Gasteiger partial charge is 0.239 e. The van der Waals surface area contributed by atoms with Crippen molar-refractivity contribution in [3.8, 4) is 0 Å². The Hall–Kier alpha value is -0.610. The normalized spacial score (nSPS) is 29.2. The van der Waals surface area contributed by atoms with Crippen LogP contribution in [0, 0.1) is 11.8 Å². The SMILES string of the molecule is CC1CCC(CCNC(C)C(=O)N2CCOCC2)CC1. The minimum Gasteiger partial charge on any atom is -0.378 e. The molecule has 1 saturated heterocycles. The number of hydrogen-bond donors (Lipinski definition) is 1. The Morgan fingerprint density at radius 3 is 2.55 bits per heavy atom. The minimum absolute atomic E-state index is 0.0596. The standard InChI is InChI=1S/C16H30N2O2/c1-13-3-5-15(6-4-13)7-8-17-14(2)16(19)18-9-11-20-12-10-18/h13-15,17H,3-12H2,1-2H3. The van der Waals surface area contributed by atoms with Crippen LogP contribution in [0.1, 0.15) is 46.0 Å². The van der Waals surface area contributed by atoms with Crippen molar-refractivity contribution >= 4 is 5.91 Å². The summed E-state index contributed by atoms with van der Waals surface area (Å²) in [6, 6.07) is -0.0596. The molecule has 2 rings (SSSR count). The van der Waals surface area contributed by atoms with Crippen LogP contribution < -0.4 is 5.32 Å². The Morgan fingerprint density at radius 1 is 1.25 bits per heavy atom. The number of amides is 1. The number of nitrogens with one attached hydrogen (secondary N) is 1. The Morgan fingerprint density at radius 2 is 1.90 bits per heavy atom. The van der Waals surface area contributed by atoms with E-state index in [-0.39, 0.29) is 11.9 Å². The summed E-state index contributed by atoms with van der Waals surface area (Å²) in [5, 5.41) is 3.41. The van der Waals surface area contributed by atoms with Crippen LogP contribution in [0.2, 0.25) is 0 Å². The van der Waals surface area contributed by atoms with E-state index in [1.807, 2.05) is 11.8 Å². The number of hydrogen-bond acceptors (Lipinski definition) is 3. The van der Waals surface area contributed by atoms with E-state index in [4.69, 9.17) is 4.74 Å². The summed E-state index contributed by atoms with van der Waals surface area (Å²) in [5.41, 5.74) is 0. The quantitative estimate of drug-likeness (QED) is 0.839. The van der Waals surface area contributed by atoms with Crippen molar-refractivity contribution in [1.82, 2.24) is 10.2 Å². The fourth-order valence-electron chi connectivity index (χ4n) is 3.27. The first-order valence-corrected chi connectivity index (χ1v) is 8.26. The lowest BCUT2D eigenvalue weighted by Crippen LogP contribution is -2.49. The van der Waals surface area contributed by atoms with Crippen LogP contribution in [0.5, 0.6) is 0 Å². The zero-order chi connectivity index (χ0) is 14.4. The topological polar surface area (TPSA) is 41.6 Å². The van der Waals surface area contributed by atoms with Crippen LogP contribution in [0.4, 0.5) is 0 Å². The molecule has 0 aromatic heterocycles. The van der Waals surface area contributed by atoms with Crippen molar-refractivity contribution < 1.29 is 9.53 Å². The molecule has 2 aliphatic rings. The van der Waals surface area contributed by atoms with Crippen LogP contribution in [0.15, 0.2) is 0 Å². The first-order valence-electron chi connectivity index (χ1n) is 8.26. The van der Waals surface area contributed by atoms with Gasteiger partial charge in [-0.2, -0.15) is 0 Å². The maximum absolute atomic E-state index is 12.2. The molecule has 4 heteroatoms. The van der Waals surface area contributed by atoms with E-state index >= 15 is 0 Å². The summed E-state index contributed by atoms with van der Waals surface area (Å²) in [4.78, 5) is 14.2. The van der Waals surface area contributed by atoms with Gasteiger partial charge < -0.3 is 15.0 Å². The van der Waals surface area contributed by atoms with Gasteiger partial charge in [-0.25, -0.2) is 0 Å². The zero-order valence-corrected chi connectivity index (χ0v) is 13.1. The summed E-state index contributed by atoms with van der Waals surface area (Å²) in [7, 11) is 0. The van der Waals surface area contributed by atoms with Crippen molar-refractivity contribution in [3.63, 3.8) is 0 Å². The highest BCUT2D eigenvalue weighted by atomic mass is 16.5. The summed E-state index contributed by atoms with van der Waals surface area (Å²) in [6.07, 6.45) is 6.72. The Labute approximate surface area is 123 Å². The molecule has 1 unspecified atom stereocenters. The lowest BCUT2D eigenvalue weighted by molar-refractivity contribution is -0.137. The van der Waals surface area contributed by atoms with E-state index in [1.165, 1.54) is 32.1 Å². The molecule has 1 N–H and O–H groups in total. The van der Waals surface area contributed by atoms with Gasteiger partial charge in [-0.15, -0.1) is 0 Å². The Kier molecular flexibility index (Phi) is 6.30. The molecule has 0 radical (unpaired) electrons. The number of nitrogens with zero attached hydrogens (tertiary/aromatic N) is 1. The van der Waals surface area contributed by atoms with E-state index < -0.39 is 0 Å². The molecule has 1 amide bonds. The average molecular weight is 282 g/mol. The number of carbonyl (C=O) groups is 1. The van der Waals surface area contributed by atoms with Crippen LogP contribution in [-0.4, -0.2) is 49.7 Å². The summed E-state index contributed by atoms with van der Waals surface area (Å²) in [6.45, 7) is 8.16. The van der Waals surface area contributed by atoms with E-state index in [9.17, 15) is 4.79 Å². The molecular formula is C16H30N2O2. The van der Waals surface area contributed by atoms with Crippen LogP contribution in [-0.2, 0) is 9.53 Å². The zero-order valence-electron chi connectivity index (χ0n) is 13.1. The second-order valence-corrected chi connectivity index (χ2v) is 6.53. The van der Waals surface area contributed by atoms with Crippen LogP contribution in [0.25, 0.3) is 0 Å². The van der Waals surface area contributed by atoms with Crippen molar-refractivity contribution in [2.24, 2.45) is 11.8 Å². The van der Waals surface area contributed by atoms with Crippen molar-refractivity contribution in [3.05, 3.63) is 0 Å². The van der Waals surface area contributed by atoms with Gasteiger partial charge in [-0.05, 0) is 31.7 Å². The maximum Gasteiger partial charge on any atom is 0.239 e. The number of morpholine rings is 1. The molecule has 1 atom stereocenters. The third-order valence-electron chi connectivity index (χ3n) is 4.83.